The van der Waals surface area contributed by atoms with Crippen molar-refractivity contribution in [2.75, 3.05) is 11.9 Å². The molecule has 1 aliphatic heterocycles. The zero-order valence-corrected chi connectivity index (χ0v) is 11.6. The number of benzene rings is 1. The minimum Gasteiger partial charge on any atom is -0.371 e. The highest BCUT2D eigenvalue weighted by Gasteiger charge is 2.30. The summed E-state index contributed by atoms with van der Waals surface area (Å²) in [6.45, 7) is 10.6. The van der Waals surface area contributed by atoms with Gasteiger partial charge in [0, 0.05) is 25.1 Å². The number of hydrogen-bond donors (Lipinski definition) is 0. The van der Waals surface area contributed by atoms with Gasteiger partial charge >= 0.3 is 0 Å². The standard InChI is InChI=1S/C15H21NO/c1-8-7-13(17)14-11(4)9(2)10(3)12(5)15(14)16(8)6/h8H,7H2,1-6H3. The van der Waals surface area contributed by atoms with Crippen LogP contribution < -0.4 is 4.90 Å². The molecule has 0 amide bonds. The van der Waals surface area contributed by atoms with Crippen molar-refractivity contribution in [3.63, 3.8) is 0 Å². The summed E-state index contributed by atoms with van der Waals surface area (Å²) in [5, 5.41) is 0. The molecule has 0 aromatic heterocycles. The lowest BCUT2D eigenvalue weighted by Gasteiger charge is -2.36. The lowest BCUT2D eigenvalue weighted by Crippen LogP contribution is -2.37. The van der Waals surface area contributed by atoms with Gasteiger partial charge in [0.05, 0.1) is 5.69 Å². The minimum absolute atomic E-state index is 0.300. The minimum atomic E-state index is 0.300. The van der Waals surface area contributed by atoms with Crippen molar-refractivity contribution in [2.24, 2.45) is 0 Å². The van der Waals surface area contributed by atoms with Gasteiger partial charge in [-0.05, 0) is 56.9 Å². The summed E-state index contributed by atoms with van der Waals surface area (Å²) >= 11 is 0. The van der Waals surface area contributed by atoms with E-state index in [4.69, 9.17) is 0 Å². The number of carbonyl (C=O) groups is 1. The van der Waals surface area contributed by atoms with E-state index in [9.17, 15) is 4.79 Å². The molecular weight excluding hydrogens is 210 g/mol. The average molecular weight is 231 g/mol. The van der Waals surface area contributed by atoms with Crippen LogP contribution in [-0.2, 0) is 0 Å². The van der Waals surface area contributed by atoms with Gasteiger partial charge in [0.2, 0.25) is 0 Å². The van der Waals surface area contributed by atoms with Crippen LogP contribution in [0.15, 0.2) is 0 Å². The van der Waals surface area contributed by atoms with E-state index in [-0.39, 0.29) is 0 Å². The third-order valence-corrected chi connectivity index (χ3v) is 4.43. The number of rotatable bonds is 0. The first-order chi connectivity index (χ1) is 7.86. The van der Waals surface area contributed by atoms with Crippen LogP contribution >= 0.6 is 0 Å². The van der Waals surface area contributed by atoms with Crippen LogP contribution in [0.25, 0.3) is 0 Å². The topological polar surface area (TPSA) is 20.3 Å². The molecule has 0 saturated carbocycles. The van der Waals surface area contributed by atoms with E-state index < -0.39 is 0 Å². The molecule has 1 atom stereocenters. The van der Waals surface area contributed by atoms with E-state index in [1.165, 1.54) is 16.7 Å². The average Bonchev–Trinajstić information content (AvgIpc) is 2.28. The Balaban J connectivity index is 2.83. The van der Waals surface area contributed by atoms with Gasteiger partial charge in [0.1, 0.15) is 0 Å². The van der Waals surface area contributed by atoms with Gasteiger partial charge in [-0.15, -0.1) is 0 Å². The molecule has 92 valence electrons. The summed E-state index contributed by atoms with van der Waals surface area (Å²) in [7, 11) is 2.09. The van der Waals surface area contributed by atoms with Crippen LogP contribution in [0, 0.1) is 27.7 Å². The van der Waals surface area contributed by atoms with Crippen molar-refractivity contribution in [2.45, 2.75) is 47.1 Å². The predicted octanol–water partition coefficient (Wildman–Crippen LogP) is 3.33. The molecule has 1 aromatic carbocycles. The molecule has 1 aliphatic rings. The fraction of sp³-hybridized carbons (Fsp3) is 0.533. The fourth-order valence-corrected chi connectivity index (χ4v) is 2.80. The van der Waals surface area contributed by atoms with Gasteiger partial charge < -0.3 is 4.90 Å². The Morgan fingerprint density at radius 2 is 1.53 bits per heavy atom. The van der Waals surface area contributed by atoms with Crippen molar-refractivity contribution in [1.82, 2.24) is 0 Å². The molecule has 1 aromatic rings. The number of hydrogen-bond acceptors (Lipinski definition) is 2. The molecule has 2 rings (SSSR count). The van der Waals surface area contributed by atoms with Crippen LogP contribution in [0.1, 0.15) is 46.0 Å². The predicted molar refractivity (Wildman–Crippen MR) is 72.2 cm³/mol. The Morgan fingerprint density at radius 1 is 1.00 bits per heavy atom. The first kappa shape index (κ1) is 12.2. The van der Waals surface area contributed by atoms with Crippen molar-refractivity contribution in [3.05, 3.63) is 27.8 Å². The van der Waals surface area contributed by atoms with Crippen LogP contribution in [0.2, 0.25) is 0 Å². The number of ketones is 1. The van der Waals surface area contributed by atoms with E-state index in [0.29, 0.717) is 18.2 Å². The maximum Gasteiger partial charge on any atom is 0.167 e. The number of carbonyl (C=O) groups excluding carboxylic acids is 1. The molecule has 0 aliphatic carbocycles. The summed E-state index contributed by atoms with van der Waals surface area (Å²) in [4.78, 5) is 14.5. The first-order valence-electron chi connectivity index (χ1n) is 6.22. The van der Waals surface area contributed by atoms with Gasteiger partial charge in [-0.1, -0.05) is 0 Å². The Labute approximate surface area is 104 Å². The Morgan fingerprint density at radius 3 is 2.12 bits per heavy atom. The molecule has 2 heteroatoms. The summed E-state index contributed by atoms with van der Waals surface area (Å²) in [6, 6.07) is 0.301. The molecule has 0 saturated heterocycles. The first-order valence-corrected chi connectivity index (χ1v) is 6.22. The summed E-state index contributed by atoms with van der Waals surface area (Å²) in [6.07, 6.45) is 0.631. The molecule has 1 unspecified atom stereocenters. The van der Waals surface area contributed by atoms with Gasteiger partial charge in [0.25, 0.3) is 0 Å². The number of fused-ring (bicyclic) bond motifs is 1. The van der Waals surface area contributed by atoms with Crippen molar-refractivity contribution < 1.29 is 4.79 Å². The molecule has 0 spiro atoms. The zero-order chi connectivity index (χ0) is 12.9. The molecule has 1 heterocycles. The van der Waals surface area contributed by atoms with E-state index in [2.05, 4.69) is 46.6 Å². The van der Waals surface area contributed by atoms with Crippen LogP contribution in [0.4, 0.5) is 5.69 Å². The maximum atomic E-state index is 12.3. The fourth-order valence-electron chi connectivity index (χ4n) is 2.80. The summed E-state index contributed by atoms with van der Waals surface area (Å²) in [5.74, 6) is 0.300. The van der Waals surface area contributed by atoms with Crippen molar-refractivity contribution in [1.29, 1.82) is 0 Å². The lowest BCUT2D eigenvalue weighted by molar-refractivity contribution is 0.0969. The molecular formula is C15H21NO. The SMILES string of the molecule is Cc1c(C)c(C)c2c(c1C)C(=O)CC(C)N2C. The summed E-state index contributed by atoms with van der Waals surface area (Å²) in [5.41, 5.74) is 7.09. The lowest BCUT2D eigenvalue weighted by atomic mass is 9.85. The second-order valence-electron chi connectivity index (χ2n) is 5.31. The quantitative estimate of drug-likeness (QED) is 0.682. The second-order valence-corrected chi connectivity index (χ2v) is 5.31. The van der Waals surface area contributed by atoms with Gasteiger partial charge in [0.15, 0.2) is 5.78 Å². The monoisotopic (exact) mass is 231 g/mol. The highest BCUT2D eigenvalue weighted by atomic mass is 16.1. The number of Topliss-reactive ketones (excluding diaryl/α,β-unsaturated/α-hetero) is 1. The molecule has 2 nitrogen and oxygen atoms in total. The third-order valence-electron chi connectivity index (χ3n) is 4.43. The Kier molecular flexibility index (Phi) is 2.76. The van der Waals surface area contributed by atoms with Gasteiger partial charge in [-0.2, -0.15) is 0 Å². The van der Waals surface area contributed by atoms with Crippen LogP contribution in [-0.4, -0.2) is 18.9 Å². The van der Waals surface area contributed by atoms with E-state index >= 15 is 0 Å². The van der Waals surface area contributed by atoms with Crippen LogP contribution in [0.5, 0.6) is 0 Å². The maximum absolute atomic E-state index is 12.3. The third kappa shape index (κ3) is 1.58. The largest absolute Gasteiger partial charge is 0.371 e. The smallest absolute Gasteiger partial charge is 0.167 e. The Hall–Kier alpha value is -1.31. The Bertz CT molecular complexity index is 502. The number of anilines is 1. The summed E-state index contributed by atoms with van der Waals surface area (Å²) < 4.78 is 0. The van der Waals surface area contributed by atoms with E-state index in [1.54, 1.807) is 0 Å². The van der Waals surface area contributed by atoms with Crippen molar-refractivity contribution >= 4 is 11.5 Å². The molecule has 0 N–H and O–H groups in total. The molecule has 0 fully saturated rings. The second kappa shape index (κ2) is 3.86. The van der Waals surface area contributed by atoms with E-state index in [1.807, 2.05) is 0 Å². The van der Waals surface area contributed by atoms with Crippen molar-refractivity contribution in [3.8, 4) is 0 Å². The molecule has 0 radical (unpaired) electrons. The highest BCUT2D eigenvalue weighted by Crippen LogP contribution is 2.38. The van der Waals surface area contributed by atoms with Gasteiger partial charge in [-0.25, -0.2) is 0 Å². The van der Waals surface area contributed by atoms with E-state index in [0.717, 1.165) is 16.8 Å². The normalized spacial score (nSPS) is 19.5. The van der Waals surface area contributed by atoms with Crippen LogP contribution in [0.3, 0.4) is 0 Å². The highest BCUT2D eigenvalue weighted by molar-refractivity contribution is 6.06. The molecule has 0 bridgehead atoms. The molecule has 17 heavy (non-hydrogen) atoms. The van der Waals surface area contributed by atoms with Gasteiger partial charge in [-0.3, -0.25) is 4.79 Å². The number of nitrogens with zero attached hydrogens (tertiary/aromatic N) is 1. The zero-order valence-electron chi connectivity index (χ0n) is 11.6.